The molecule has 3 atom stereocenters. The van der Waals surface area contributed by atoms with Crippen molar-refractivity contribution in [3.63, 3.8) is 0 Å². The standard InChI is InChI=1S/C14H14F2O2/c1-2-18-12(17)13-8-10(13)11(14(13,15)16)9-6-4-3-5-7-9/h3-7,10-11H,2,8H2,1H3/t10-,11+,13-/m0/s1. The number of hydrogen-bond donors (Lipinski definition) is 0. The molecule has 18 heavy (non-hydrogen) atoms. The Kier molecular flexibility index (Phi) is 2.28. The van der Waals surface area contributed by atoms with Crippen LogP contribution in [0.15, 0.2) is 30.3 Å². The van der Waals surface area contributed by atoms with E-state index in [2.05, 4.69) is 0 Å². The highest BCUT2D eigenvalue weighted by atomic mass is 19.3. The summed E-state index contributed by atoms with van der Waals surface area (Å²) in [5.41, 5.74) is -0.909. The van der Waals surface area contributed by atoms with E-state index in [1.807, 2.05) is 0 Å². The van der Waals surface area contributed by atoms with Crippen molar-refractivity contribution in [3.05, 3.63) is 35.9 Å². The molecule has 2 saturated carbocycles. The normalized spacial score (nSPS) is 35.3. The molecule has 3 rings (SSSR count). The van der Waals surface area contributed by atoms with Crippen LogP contribution in [0.4, 0.5) is 8.78 Å². The number of fused-ring (bicyclic) bond motifs is 1. The van der Waals surface area contributed by atoms with Gasteiger partial charge >= 0.3 is 5.97 Å². The molecule has 0 spiro atoms. The number of benzene rings is 1. The molecule has 4 heteroatoms. The van der Waals surface area contributed by atoms with Crippen LogP contribution in [0, 0.1) is 11.3 Å². The first-order chi connectivity index (χ1) is 8.55. The van der Waals surface area contributed by atoms with Crippen molar-refractivity contribution in [2.24, 2.45) is 11.3 Å². The molecular weight excluding hydrogens is 238 g/mol. The largest absolute Gasteiger partial charge is 0.465 e. The van der Waals surface area contributed by atoms with Crippen molar-refractivity contribution in [2.45, 2.75) is 25.2 Å². The summed E-state index contributed by atoms with van der Waals surface area (Å²) in [6, 6.07) is 8.69. The van der Waals surface area contributed by atoms with Gasteiger partial charge in [0.2, 0.25) is 0 Å². The van der Waals surface area contributed by atoms with Crippen LogP contribution in [0.3, 0.4) is 0 Å². The summed E-state index contributed by atoms with van der Waals surface area (Å²) in [4.78, 5) is 11.7. The van der Waals surface area contributed by atoms with Crippen LogP contribution >= 0.6 is 0 Å². The second-order valence-electron chi connectivity index (χ2n) is 5.01. The van der Waals surface area contributed by atoms with Gasteiger partial charge in [0.05, 0.1) is 12.5 Å². The Morgan fingerprint density at radius 3 is 2.61 bits per heavy atom. The van der Waals surface area contributed by atoms with Crippen molar-refractivity contribution in [1.29, 1.82) is 0 Å². The Morgan fingerprint density at radius 1 is 1.39 bits per heavy atom. The summed E-state index contributed by atoms with van der Waals surface area (Å²) in [5, 5.41) is 0. The molecule has 0 aliphatic heterocycles. The van der Waals surface area contributed by atoms with E-state index in [1.54, 1.807) is 37.3 Å². The van der Waals surface area contributed by atoms with Gasteiger partial charge in [-0.3, -0.25) is 4.79 Å². The first-order valence-corrected chi connectivity index (χ1v) is 6.15. The number of ether oxygens (including phenoxy) is 1. The van der Waals surface area contributed by atoms with Crippen molar-refractivity contribution in [1.82, 2.24) is 0 Å². The molecule has 0 N–H and O–H groups in total. The monoisotopic (exact) mass is 252 g/mol. The molecule has 0 heterocycles. The lowest BCUT2D eigenvalue weighted by Crippen LogP contribution is -2.53. The second kappa shape index (κ2) is 3.53. The third-order valence-corrected chi connectivity index (χ3v) is 4.20. The van der Waals surface area contributed by atoms with E-state index in [1.165, 1.54) is 0 Å². The fourth-order valence-electron chi connectivity index (χ4n) is 3.24. The lowest BCUT2D eigenvalue weighted by molar-refractivity contribution is -0.198. The van der Waals surface area contributed by atoms with Crippen LogP contribution in [0.25, 0.3) is 0 Å². The zero-order chi connectivity index (χ0) is 13.0. The number of rotatable bonds is 3. The van der Waals surface area contributed by atoms with E-state index in [9.17, 15) is 13.6 Å². The Hall–Kier alpha value is -1.45. The van der Waals surface area contributed by atoms with E-state index >= 15 is 0 Å². The van der Waals surface area contributed by atoms with E-state index in [-0.39, 0.29) is 18.9 Å². The molecule has 2 aliphatic carbocycles. The van der Waals surface area contributed by atoms with E-state index in [0.29, 0.717) is 5.56 Å². The van der Waals surface area contributed by atoms with E-state index < -0.39 is 23.2 Å². The van der Waals surface area contributed by atoms with Crippen LogP contribution in [0.2, 0.25) is 0 Å². The van der Waals surface area contributed by atoms with Gasteiger partial charge in [-0.25, -0.2) is 8.78 Å². The van der Waals surface area contributed by atoms with Gasteiger partial charge in [0.25, 0.3) is 5.92 Å². The Balaban J connectivity index is 1.87. The van der Waals surface area contributed by atoms with E-state index in [4.69, 9.17) is 4.74 Å². The molecule has 2 nitrogen and oxygen atoms in total. The second-order valence-corrected chi connectivity index (χ2v) is 5.01. The van der Waals surface area contributed by atoms with E-state index in [0.717, 1.165) is 0 Å². The third kappa shape index (κ3) is 1.18. The van der Waals surface area contributed by atoms with Gasteiger partial charge in [0, 0.05) is 0 Å². The van der Waals surface area contributed by atoms with Gasteiger partial charge in [0.15, 0.2) is 0 Å². The Morgan fingerprint density at radius 2 is 2.06 bits per heavy atom. The lowest BCUT2D eigenvalue weighted by Gasteiger charge is -2.42. The third-order valence-electron chi connectivity index (χ3n) is 4.20. The zero-order valence-corrected chi connectivity index (χ0v) is 10.0. The van der Waals surface area contributed by atoms with Gasteiger partial charge in [0.1, 0.15) is 5.41 Å². The molecule has 0 saturated heterocycles. The molecule has 0 radical (unpaired) electrons. The van der Waals surface area contributed by atoms with Crippen LogP contribution in [-0.4, -0.2) is 18.5 Å². The summed E-state index contributed by atoms with van der Waals surface area (Å²) >= 11 is 0. The highest BCUT2D eigenvalue weighted by molar-refractivity contribution is 5.85. The van der Waals surface area contributed by atoms with Crippen molar-refractivity contribution >= 4 is 5.97 Å². The number of carbonyl (C=O) groups excluding carboxylic acids is 1. The average Bonchev–Trinajstić information content (AvgIpc) is 3.03. The predicted molar refractivity (Wildman–Crippen MR) is 61.3 cm³/mol. The van der Waals surface area contributed by atoms with Crippen LogP contribution < -0.4 is 0 Å². The van der Waals surface area contributed by atoms with Crippen molar-refractivity contribution in [2.75, 3.05) is 6.61 Å². The summed E-state index contributed by atoms with van der Waals surface area (Å²) in [6.45, 7) is 1.79. The molecule has 1 aromatic rings. The molecule has 96 valence electrons. The molecule has 0 aromatic heterocycles. The van der Waals surface area contributed by atoms with Gasteiger partial charge < -0.3 is 4.74 Å². The maximum Gasteiger partial charge on any atom is 0.318 e. The molecule has 0 unspecified atom stereocenters. The maximum atomic E-state index is 14.3. The maximum absolute atomic E-state index is 14.3. The van der Waals surface area contributed by atoms with Gasteiger partial charge in [-0.2, -0.15) is 0 Å². The summed E-state index contributed by atoms with van der Waals surface area (Å²) < 4.78 is 33.3. The molecule has 2 fully saturated rings. The number of carbonyl (C=O) groups is 1. The number of halogens is 2. The average molecular weight is 252 g/mol. The fourth-order valence-corrected chi connectivity index (χ4v) is 3.24. The molecule has 2 aliphatic rings. The number of alkyl halides is 2. The van der Waals surface area contributed by atoms with Gasteiger partial charge in [-0.1, -0.05) is 30.3 Å². The highest BCUT2D eigenvalue weighted by Crippen LogP contribution is 2.81. The van der Waals surface area contributed by atoms with Crippen LogP contribution in [-0.2, 0) is 9.53 Å². The number of hydrogen-bond acceptors (Lipinski definition) is 2. The molecule has 0 bridgehead atoms. The molecule has 0 amide bonds. The SMILES string of the molecule is CCOC(=O)[C@]12C[C@H]1[C@@H](c1ccccc1)C2(F)F. The van der Waals surface area contributed by atoms with Gasteiger partial charge in [-0.05, 0) is 24.8 Å². The minimum Gasteiger partial charge on any atom is -0.465 e. The summed E-state index contributed by atoms with van der Waals surface area (Å²) in [6.07, 6.45) is 0.248. The lowest BCUT2D eigenvalue weighted by atomic mass is 9.67. The number of esters is 1. The topological polar surface area (TPSA) is 26.3 Å². The Labute approximate surface area is 104 Å². The van der Waals surface area contributed by atoms with Crippen LogP contribution in [0.5, 0.6) is 0 Å². The molecular formula is C14H14F2O2. The van der Waals surface area contributed by atoms with Gasteiger partial charge in [-0.15, -0.1) is 0 Å². The fraction of sp³-hybridized carbons (Fsp3) is 0.500. The predicted octanol–water partition coefficient (Wildman–Crippen LogP) is 2.99. The zero-order valence-electron chi connectivity index (χ0n) is 10.0. The van der Waals surface area contributed by atoms with Crippen LogP contribution in [0.1, 0.15) is 24.8 Å². The Bertz CT molecular complexity index is 486. The smallest absolute Gasteiger partial charge is 0.318 e. The van der Waals surface area contributed by atoms with Crippen molar-refractivity contribution in [3.8, 4) is 0 Å². The first-order valence-electron chi connectivity index (χ1n) is 6.15. The summed E-state index contributed by atoms with van der Waals surface area (Å²) in [5.74, 6) is -4.80. The first kappa shape index (κ1) is 11.6. The summed E-state index contributed by atoms with van der Waals surface area (Å²) in [7, 11) is 0. The highest BCUT2D eigenvalue weighted by Gasteiger charge is 2.89. The van der Waals surface area contributed by atoms with Crippen molar-refractivity contribution < 1.29 is 18.3 Å². The molecule has 1 aromatic carbocycles. The minimum absolute atomic E-state index is 0.152. The quantitative estimate of drug-likeness (QED) is 0.773. The minimum atomic E-state index is -2.98.